The smallest absolute Gasteiger partial charge is 0.273 e. The van der Waals surface area contributed by atoms with Crippen molar-refractivity contribution in [2.45, 2.75) is 11.4 Å². The molecule has 2 aromatic carbocycles. The van der Waals surface area contributed by atoms with E-state index in [0.717, 1.165) is 19.2 Å². The summed E-state index contributed by atoms with van der Waals surface area (Å²) in [5, 5.41) is 3.40. The lowest BCUT2D eigenvalue weighted by Gasteiger charge is -2.17. The predicted molar refractivity (Wildman–Crippen MR) is 117 cm³/mol. The minimum atomic E-state index is -3.95. The van der Waals surface area contributed by atoms with Gasteiger partial charge in [0.25, 0.3) is 21.8 Å². The van der Waals surface area contributed by atoms with Gasteiger partial charge < -0.3 is 10.2 Å². The van der Waals surface area contributed by atoms with Crippen LogP contribution in [0, 0.1) is 0 Å². The van der Waals surface area contributed by atoms with Gasteiger partial charge in [0.1, 0.15) is 15.6 Å². The molecule has 1 aliphatic heterocycles. The van der Waals surface area contributed by atoms with E-state index in [4.69, 9.17) is 0 Å². The molecular formula is C21H16N4O4S2. The van der Waals surface area contributed by atoms with E-state index in [1.807, 2.05) is 24.3 Å². The van der Waals surface area contributed by atoms with Crippen LogP contribution < -0.4 is 5.32 Å². The average molecular weight is 453 g/mol. The van der Waals surface area contributed by atoms with E-state index in [1.54, 1.807) is 7.05 Å². The van der Waals surface area contributed by atoms with Gasteiger partial charge in [-0.25, -0.2) is 17.4 Å². The highest BCUT2D eigenvalue weighted by molar-refractivity contribution is 7.90. The molecule has 0 bridgehead atoms. The van der Waals surface area contributed by atoms with Gasteiger partial charge in [-0.15, -0.1) is 11.3 Å². The molecule has 0 atom stereocenters. The van der Waals surface area contributed by atoms with Crippen LogP contribution in [0.2, 0.25) is 0 Å². The third kappa shape index (κ3) is 3.20. The average Bonchev–Trinajstić information content (AvgIpc) is 3.38. The summed E-state index contributed by atoms with van der Waals surface area (Å²) in [5.41, 5.74) is 1.24. The van der Waals surface area contributed by atoms with Gasteiger partial charge in [0.05, 0.1) is 22.4 Å². The van der Waals surface area contributed by atoms with Gasteiger partial charge in [-0.05, 0) is 42.5 Å². The van der Waals surface area contributed by atoms with E-state index in [-0.39, 0.29) is 27.7 Å². The predicted octanol–water partition coefficient (Wildman–Crippen LogP) is 3.17. The summed E-state index contributed by atoms with van der Waals surface area (Å²) in [6.45, 7) is 0.311. The van der Waals surface area contributed by atoms with Crippen molar-refractivity contribution in [1.29, 1.82) is 0 Å². The number of hydrogen-bond acceptors (Lipinski definition) is 6. The van der Waals surface area contributed by atoms with E-state index in [1.165, 1.54) is 52.8 Å². The van der Waals surface area contributed by atoms with Crippen LogP contribution in [0.3, 0.4) is 0 Å². The lowest BCUT2D eigenvalue weighted by atomic mass is 10.1. The number of nitrogens with zero attached hydrogens (tertiary/aromatic N) is 3. The molecule has 1 aliphatic rings. The highest BCUT2D eigenvalue weighted by Gasteiger charge is 2.30. The maximum atomic E-state index is 13.0. The van der Waals surface area contributed by atoms with Gasteiger partial charge in [-0.2, -0.15) is 0 Å². The van der Waals surface area contributed by atoms with Crippen LogP contribution in [-0.4, -0.2) is 41.1 Å². The van der Waals surface area contributed by atoms with E-state index in [0.29, 0.717) is 6.54 Å². The van der Waals surface area contributed by atoms with Crippen LogP contribution in [0.25, 0.3) is 10.2 Å². The summed E-state index contributed by atoms with van der Waals surface area (Å²) >= 11 is 1.51. The molecule has 0 spiro atoms. The fourth-order valence-electron chi connectivity index (χ4n) is 3.51. The number of fused-ring (bicyclic) bond motifs is 3. The Bertz CT molecular complexity index is 1440. The second-order valence-electron chi connectivity index (χ2n) is 7.10. The summed E-state index contributed by atoms with van der Waals surface area (Å²) in [6.07, 6.45) is 1.32. The SMILES string of the molecule is CN(Cc1nc2ccccc2s1)C(=O)c1ccc2c(c1)NC(=O)c1cccn1S2(=O)=O. The zero-order chi connectivity index (χ0) is 21.8. The number of rotatable bonds is 3. The Hall–Kier alpha value is -3.50. The maximum absolute atomic E-state index is 13.0. The zero-order valence-corrected chi connectivity index (χ0v) is 17.9. The molecule has 3 heterocycles. The molecule has 5 rings (SSSR count). The summed E-state index contributed by atoms with van der Waals surface area (Å²) in [6, 6.07) is 14.9. The number of carbonyl (C=O) groups excluding carboxylic acids is 2. The molecule has 4 aromatic rings. The topological polar surface area (TPSA) is 101 Å². The molecule has 2 aromatic heterocycles. The number of aromatic nitrogens is 2. The number of anilines is 1. The quantitative estimate of drug-likeness (QED) is 0.515. The largest absolute Gasteiger partial charge is 0.335 e. The van der Waals surface area contributed by atoms with Crippen LogP contribution in [0.4, 0.5) is 5.69 Å². The highest BCUT2D eigenvalue weighted by Crippen LogP contribution is 2.30. The Balaban J connectivity index is 1.45. The first kappa shape index (κ1) is 19.5. The lowest BCUT2D eigenvalue weighted by Crippen LogP contribution is -2.26. The molecule has 0 saturated carbocycles. The van der Waals surface area contributed by atoms with Crippen molar-refractivity contribution in [3.05, 3.63) is 77.1 Å². The minimum Gasteiger partial charge on any atom is -0.335 e. The first-order valence-electron chi connectivity index (χ1n) is 9.33. The molecule has 0 fully saturated rings. The number of benzene rings is 2. The van der Waals surface area contributed by atoms with Crippen molar-refractivity contribution in [3.63, 3.8) is 0 Å². The Kier molecular flexibility index (Phi) is 4.42. The number of thiazole rings is 1. The molecule has 31 heavy (non-hydrogen) atoms. The first-order chi connectivity index (χ1) is 14.8. The Morgan fingerprint density at radius 3 is 2.77 bits per heavy atom. The number of amides is 2. The van der Waals surface area contributed by atoms with E-state index >= 15 is 0 Å². The molecular weight excluding hydrogens is 436 g/mol. The molecule has 1 N–H and O–H groups in total. The third-order valence-corrected chi connectivity index (χ3v) is 7.78. The molecule has 8 nitrogen and oxygen atoms in total. The van der Waals surface area contributed by atoms with Crippen molar-refractivity contribution in [2.75, 3.05) is 12.4 Å². The third-order valence-electron chi connectivity index (χ3n) is 5.01. The van der Waals surface area contributed by atoms with Crippen molar-refractivity contribution < 1.29 is 18.0 Å². The number of para-hydroxylation sites is 1. The van der Waals surface area contributed by atoms with E-state index in [9.17, 15) is 18.0 Å². The van der Waals surface area contributed by atoms with Gasteiger partial charge in [0, 0.05) is 18.8 Å². The number of carbonyl (C=O) groups is 2. The molecule has 10 heteroatoms. The standard InChI is InChI=1S/C21H16N4O4S2/c1-24(12-19-22-14-5-2-3-7-17(14)30-19)21(27)13-8-9-18-15(11-13)23-20(26)16-6-4-10-25(16)31(18,28)29/h2-11H,12H2,1H3,(H,23,26). The van der Waals surface area contributed by atoms with Crippen molar-refractivity contribution >= 4 is 49.1 Å². The summed E-state index contributed by atoms with van der Waals surface area (Å²) in [4.78, 5) is 31.4. The summed E-state index contributed by atoms with van der Waals surface area (Å²) in [5.74, 6) is -0.864. The first-order valence-corrected chi connectivity index (χ1v) is 11.6. The highest BCUT2D eigenvalue weighted by atomic mass is 32.2. The number of hydrogen-bond donors (Lipinski definition) is 1. The number of nitrogens with one attached hydrogen (secondary N) is 1. The Morgan fingerprint density at radius 2 is 1.97 bits per heavy atom. The molecule has 2 amide bonds. The maximum Gasteiger partial charge on any atom is 0.273 e. The van der Waals surface area contributed by atoms with Crippen LogP contribution in [0.15, 0.2) is 65.7 Å². The molecule has 0 saturated heterocycles. The summed E-state index contributed by atoms with van der Waals surface area (Å²) in [7, 11) is -2.30. The molecule has 156 valence electrons. The Labute approximate surface area is 181 Å². The zero-order valence-electron chi connectivity index (χ0n) is 16.3. The van der Waals surface area contributed by atoms with Gasteiger partial charge in [-0.1, -0.05) is 12.1 Å². The van der Waals surface area contributed by atoms with Crippen LogP contribution in [0.1, 0.15) is 25.9 Å². The monoisotopic (exact) mass is 452 g/mol. The van der Waals surface area contributed by atoms with Crippen LogP contribution in [0.5, 0.6) is 0 Å². The Morgan fingerprint density at radius 1 is 1.16 bits per heavy atom. The van der Waals surface area contributed by atoms with Gasteiger partial charge in [0.2, 0.25) is 0 Å². The molecule has 0 aliphatic carbocycles. The fraction of sp³-hybridized carbons (Fsp3) is 0.0952. The van der Waals surface area contributed by atoms with Crippen molar-refractivity contribution in [2.24, 2.45) is 0 Å². The van der Waals surface area contributed by atoms with Crippen LogP contribution in [-0.2, 0) is 16.6 Å². The van der Waals surface area contributed by atoms with Gasteiger partial charge in [-0.3, -0.25) is 9.59 Å². The van der Waals surface area contributed by atoms with Gasteiger partial charge in [0.15, 0.2) is 0 Å². The van der Waals surface area contributed by atoms with Crippen molar-refractivity contribution in [3.8, 4) is 0 Å². The normalized spacial score (nSPS) is 14.4. The second kappa shape index (κ2) is 7.03. The van der Waals surface area contributed by atoms with E-state index < -0.39 is 15.9 Å². The summed E-state index contributed by atoms with van der Waals surface area (Å²) < 4.78 is 27.8. The minimum absolute atomic E-state index is 0.0111. The fourth-order valence-corrected chi connectivity index (χ4v) is 6.01. The molecule has 0 unspecified atom stereocenters. The van der Waals surface area contributed by atoms with Crippen molar-refractivity contribution in [1.82, 2.24) is 13.9 Å². The van der Waals surface area contributed by atoms with E-state index in [2.05, 4.69) is 10.3 Å². The molecule has 0 radical (unpaired) electrons. The van der Waals surface area contributed by atoms with Gasteiger partial charge >= 0.3 is 0 Å². The second-order valence-corrected chi connectivity index (χ2v) is 9.99. The lowest BCUT2D eigenvalue weighted by molar-refractivity contribution is 0.0784. The van der Waals surface area contributed by atoms with Crippen LogP contribution >= 0.6 is 11.3 Å².